The molecule has 0 radical (unpaired) electrons. The van der Waals surface area contributed by atoms with Crippen molar-refractivity contribution in [3.05, 3.63) is 47.2 Å². The quantitative estimate of drug-likeness (QED) is 0.925. The number of rotatable bonds is 3. The van der Waals surface area contributed by atoms with Gasteiger partial charge in [0, 0.05) is 12.4 Å². The van der Waals surface area contributed by atoms with Crippen LogP contribution >= 0.6 is 23.4 Å². The third-order valence-corrected chi connectivity index (χ3v) is 3.00. The third kappa shape index (κ3) is 3.18. The molecule has 0 amide bonds. The Morgan fingerprint density at radius 1 is 1.24 bits per heavy atom. The van der Waals surface area contributed by atoms with Crippen LogP contribution in [0.2, 0.25) is 5.02 Å². The Kier molecular flexibility index (Phi) is 3.61. The number of nitrogens with zero attached hydrogens (tertiary/aromatic N) is 2. The SMILES string of the molecule is O=C(O)c1ccnc(Sc2ccc(Cl)cn2)c1. The molecule has 0 spiro atoms. The summed E-state index contributed by atoms with van der Waals surface area (Å²) < 4.78 is 0. The van der Waals surface area contributed by atoms with E-state index in [0.717, 1.165) is 0 Å². The summed E-state index contributed by atoms with van der Waals surface area (Å²) in [6.07, 6.45) is 2.99. The Bertz CT molecular complexity index is 545. The molecule has 2 aromatic rings. The molecule has 2 heterocycles. The second-order valence-corrected chi connectivity index (χ2v) is 4.58. The molecule has 17 heavy (non-hydrogen) atoms. The van der Waals surface area contributed by atoms with Crippen molar-refractivity contribution in [3.8, 4) is 0 Å². The minimum absolute atomic E-state index is 0.205. The van der Waals surface area contributed by atoms with Gasteiger partial charge in [-0.05, 0) is 24.3 Å². The highest BCUT2D eigenvalue weighted by Crippen LogP contribution is 2.25. The molecule has 1 N–H and O–H groups in total. The smallest absolute Gasteiger partial charge is 0.335 e. The van der Waals surface area contributed by atoms with Gasteiger partial charge in [-0.1, -0.05) is 23.4 Å². The van der Waals surface area contributed by atoms with Gasteiger partial charge in [0.15, 0.2) is 0 Å². The summed E-state index contributed by atoms with van der Waals surface area (Å²) in [5, 5.41) is 10.7. The lowest BCUT2D eigenvalue weighted by atomic mass is 10.3. The Morgan fingerprint density at radius 2 is 2.06 bits per heavy atom. The first kappa shape index (κ1) is 11.9. The predicted molar refractivity (Wildman–Crippen MR) is 64.6 cm³/mol. The van der Waals surface area contributed by atoms with Gasteiger partial charge in [-0.15, -0.1) is 0 Å². The van der Waals surface area contributed by atoms with Gasteiger partial charge in [0.2, 0.25) is 0 Å². The van der Waals surface area contributed by atoms with Crippen molar-refractivity contribution in [2.75, 3.05) is 0 Å². The number of hydrogen-bond acceptors (Lipinski definition) is 4. The van der Waals surface area contributed by atoms with E-state index in [-0.39, 0.29) is 5.56 Å². The molecule has 2 rings (SSSR count). The molecule has 0 unspecified atom stereocenters. The van der Waals surface area contributed by atoms with Crippen LogP contribution in [0.4, 0.5) is 0 Å². The van der Waals surface area contributed by atoms with Crippen molar-refractivity contribution in [1.82, 2.24) is 9.97 Å². The van der Waals surface area contributed by atoms with Gasteiger partial charge in [-0.2, -0.15) is 0 Å². The summed E-state index contributed by atoms with van der Waals surface area (Å²) in [4.78, 5) is 18.9. The van der Waals surface area contributed by atoms with E-state index in [4.69, 9.17) is 16.7 Å². The molecular formula is C11H7ClN2O2S. The fraction of sp³-hybridized carbons (Fsp3) is 0. The first-order valence-corrected chi connectivity index (χ1v) is 5.83. The van der Waals surface area contributed by atoms with Gasteiger partial charge < -0.3 is 5.11 Å². The van der Waals surface area contributed by atoms with E-state index in [9.17, 15) is 4.79 Å². The topological polar surface area (TPSA) is 63.1 Å². The summed E-state index contributed by atoms with van der Waals surface area (Å²) in [7, 11) is 0. The Labute approximate surface area is 107 Å². The van der Waals surface area contributed by atoms with Gasteiger partial charge in [0.1, 0.15) is 10.1 Å². The van der Waals surface area contributed by atoms with Crippen LogP contribution in [0.5, 0.6) is 0 Å². The van der Waals surface area contributed by atoms with Crippen molar-refractivity contribution in [1.29, 1.82) is 0 Å². The van der Waals surface area contributed by atoms with E-state index in [2.05, 4.69) is 9.97 Å². The van der Waals surface area contributed by atoms with Crippen LogP contribution in [0.1, 0.15) is 10.4 Å². The van der Waals surface area contributed by atoms with E-state index in [1.807, 2.05) is 0 Å². The Hall–Kier alpha value is -1.59. The molecule has 0 aliphatic heterocycles. The van der Waals surface area contributed by atoms with E-state index >= 15 is 0 Å². The van der Waals surface area contributed by atoms with Gasteiger partial charge in [-0.3, -0.25) is 0 Å². The summed E-state index contributed by atoms with van der Waals surface area (Å²) in [5.74, 6) is -0.974. The van der Waals surface area contributed by atoms with Crippen LogP contribution < -0.4 is 0 Å². The monoisotopic (exact) mass is 266 g/mol. The van der Waals surface area contributed by atoms with Gasteiger partial charge >= 0.3 is 5.97 Å². The first-order chi connectivity index (χ1) is 8.15. The zero-order valence-electron chi connectivity index (χ0n) is 8.50. The average Bonchev–Trinajstić information content (AvgIpc) is 2.32. The Morgan fingerprint density at radius 3 is 2.71 bits per heavy atom. The molecule has 0 aliphatic rings. The molecule has 0 saturated heterocycles. The standard InChI is InChI=1S/C11H7ClN2O2S/c12-8-1-2-9(14-6-8)17-10-5-7(11(15)16)3-4-13-10/h1-6H,(H,15,16). The summed E-state index contributed by atoms with van der Waals surface area (Å²) in [5.41, 5.74) is 0.205. The number of halogens is 1. The molecular weight excluding hydrogens is 260 g/mol. The molecule has 0 aromatic carbocycles. The second kappa shape index (κ2) is 5.16. The lowest BCUT2D eigenvalue weighted by Gasteiger charge is -2.01. The third-order valence-electron chi connectivity index (χ3n) is 1.89. The molecule has 0 atom stereocenters. The van der Waals surface area contributed by atoms with Crippen molar-refractivity contribution in [2.45, 2.75) is 10.1 Å². The van der Waals surface area contributed by atoms with E-state index in [1.54, 1.807) is 12.1 Å². The van der Waals surface area contributed by atoms with Crippen LogP contribution in [0, 0.1) is 0 Å². The number of carbonyl (C=O) groups is 1. The minimum Gasteiger partial charge on any atom is -0.478 e. The van der Waals surface area contributed by atoms with Gasteiger partial charge in [0.25, 0.3) is 0 Å². The molecule has 0 saturated carbocycles. The normalized spacial score (nSPS) is 10.2. The maximum absolute atomic E-state index is 10.8. The van der Waals surface area contributed by atoms with Gasteiger partial charge in [0.05, 0.1) is 10.6 Å². The molecule has 4 nitrogen and oxygen atoms in total. The summed E-state index contributed by atoms with van der Waals surface area (Å²) in [6.45, 7) is 0. The highest BCUT2D eigenvalue weighted by Gasteiger charge is 2.06. The average molecular weight is 267 g/mol. The largest absolute Gasteiger partial charge is 0.478 e. The first-order valence-electron chi connectivity index (χ1n) is 4.64. The Balaban J connectivity index is 2.21. The summed E-state index contributed by atoms with van der Waals surface area (Å²) in [6, 6.07) is 6.42. The lowest BCUT2D eigenvalue weighted by molar-refractivity contribution is 0.0696. The van der Waals surface area contributed by atoms with E-state index < -0.39 is 5.97 Å². The molecule has 0 bridgehead atoms. The van der Waals surface area contributed by atoms with Crippen LogP contribution in [0.15, 0.2) is 46.7 Å². The van der Waals surface area contributed by atoms with Crippen LogP contribution in [0.25, 0.3) is 0 Å². The van der Waals surface area contributed by atoms with Crippen molar-refractivity contribution < 1.29 is 9.90 Å². The fourth-order valence-electron chi connectivity index (χ4n) is 1.13. The zero-order valence-corrected chi connectivity index (χ0v) is 10.1. The lowest BCUT2D eigenvalue weighted by Crippen LogP contribution is -1.96. The second-order valence-electron chi connectivity index (χ2n) is 3.10. The van der Waals surface area contributed by atoms with Crippen molar-refractivity contribution in [2.24, 2.45) is 0 Å². The summed E-state index contributed by atoms with van der Waals surface area (Å²) >= 11 is 7.00. The molecule has 0 aliphatic carbocycles. The van der Waals surface area contributed by atoms with E-state index in [0.29, 0.717) is 15.1 Å². The van der Waals surface area contributed by atoms with Crippen LogP contribution in [-0.4, -0.2) is 21.0 Å². The van der Waals surface area contributed by atoms with Crippen LogP contribution in [0.3, 0.4) is 0 Å². The molecule has 6 heteroatoms. The number of carboxylic acid groups (broad SMARTS) is 1. The zero-order chi connectivity index (χ0) is 12.3. The number of aromatic carboxylic acids is 1. The number of carboxylic acids is 1. The predicted octanol–water partition coefficient (Wildman–Crippen LogP) is 2.98. The molecule has 86 valence electrons. The van der Waals surface area contributed by atoms with Crippen LogP contribution in [-0.2, 0) is 0 Å². The molecule has 0 fully saturated rings. The number of pyridine rings is 2. The number of hydrogen-bond donors (Lipinski definition) is 1. The fourth-order valence-corrected chi connectivity index (χ4v) is 2.00. The van der Waals surface area contributed by atoms with Gasteiger partial charge in [-0.25, -0.2) is 14.8 Å². The maximum atomic E-state index is 10.8. The van der Waals surface area contributed by atoms with Crippen molar-refractivity contribution >= 4 is 29.3 Å². The van der Waals surface area contributed by atoms with E-state index in [1.165, 1.54) is 36.3 Å². The maximum Gasteiger partial charge on any atom is 0.335 e. The molecule has 2 aromatic heterocycles. The minimum atomic E-state index is -0.974. The number of aromatic nitrogens is 2. The highest BCUT2D eigenvalue weighted by molar-refractivity contribution is 7.99. The van der Waals surface area contributed by atoms with Crippen molar-refractivity contribution in [3.63, 3.8) is 0 Å². The highest BCUT2D eigenvalue weighted by atomic mass is 35.5.